The Morgan fingerprint density at radius 3 is 1.24 bits per heavy atom. The van der Waals surface area contributed by atoms with Crippen LogP contribution in [0.25, 0.3) is 0 Å². The summed E-state index contributed by atoms with van der Waals surface area (Å²) in [4.78, 5) is 0. The summed E-state index contributed by atoms with van der Waals surface area (Å²) in [5.41, 5.74) is 5.45. The van der Waals surface area contributed by atoms with Gasteiger partial charge in [-0.1, -0.05) is 77.6 Å². The molecule has 0 fully saturated rings. The molecule has 0 aliphatic carbocycles. The molecule has 3 N–H and O–H groups in total. The molecule has 0 saturated heterocycles. The minimum absolute atomic E-state index is 0.201. The van der Waals surface area contributed by atoms with E-state index in [-0.39, 0.29) is 5.75 Å². The van der Waals surface area contributed by atoms with Crippen molar-refractivity contribution < 1.29 is 13.0 Å². The first-order valence-corrected chi connectivity index (χ1v) is 10.2. The molecule has 0 atom stereocenters. The average molecular weight is 324 g/mol. The van der Waals surface area contributed by atoms with E-state index < -0.39 is 10.1 Å². The molecule has 0 aromatic heterocycles. The molecular formula is C16H37NO3S. The van der Waals surface area contributed by atoms with Gasteiger partial charge < -0.3 is 5.73 Å². The number of rotatable bonds is 13. The van der Waals surface area contributed by atoms with Crippen LogP contribution in [0.4, 0.5) is 0 Å². The summed E-state index contributed by atoms with van der Waals surface area (Å²) in [5, 5.41) is 0. The molecule has 0 aromatic rings. The summed E-state index contributed by atoms with van der Waals surface area (Å²) in [6, 6.07) is 0. The van der Waals surface area contributed by atoms with Crippen molar-refractivity contribution in [3.63, 3.8) is 0 Å². The van der Waals surface area contributed by atoms with E-state index in [2.05, 4.69) is 6.92 Å². The van der Waals surface area contributed by atoms with Gasteiger partial charge in [0.1, 0.15) is 0 Å². The maximum absolute atomic E-state index is 9.56. The zero-order valence-corrected chi connectivity index (χ0v) is 15.0. The summed E-state index contributed by atoms with van der Waals surface area (Å²) >= 11 is 0. The van der Waals surface area contributed by atoms with Gasteiger partial charge in [0.05, 0.1) is 5.75 Å². The summed E-state index contributed by atoms with van der Waals surface area (Å²) < 4.78 is 26.9. The largest absolute Gasteiger partial charge is 0.330 e. The van der Waals surface area contributed by atoms with Gasteiger partial charge in [-0.3, -0.25) is 4.55 Å². The van der Waals surface area contributed by atoms with Crippen molar-refractivity contribution in [1.82, 2.24) is 0 Å². The highest BCUT2D eigenvalue weighted by molar-refractivity contribution is 7.85. The monoisotopic (exact) mass is 323 g/mol. The van der Waals surface area contributed by atoms with Crippen LogP contribution in [-0.4, -0.2) is 25.3 Å². The lowest BCUT2D eigenvalue weighted by atomic mass is 10.1. The molecule has 0 spiro atoms. The van der Waals surface area contributed by atoms with Gasteiger partial charge in [-0.25, -0.2) is 0 Å². The zero-order chi connectivity index (χ0) is 16.4. The van der Waals surface area contributed by atoms with Crippen LogP contribution < -0.4 is 5.73 Å². The van der Waals surface area contributed by atoms with Crippen LogP contribution in [-0.2, 0) is 10.1 Å². The van der Waals surface area contributed by atoms with E-state index in [1.165, 1.54) is 84.0 Å². The van der Waals surface area contributed by atoms with Crippen LogP contribution in [0.15, 0.2) is 0 Å². The number of hydrogen-bond donors (Lipinski definition) is 2. The quantitative estimate of drug-likeness (QED) is 0.385. The van der Waals surface area contributed by atoms with E-state index in [0.29, 0.717) is 0 Å². The highest BCUT2D eigenvalue weighted by atomic mass is 32.2. The lowest BCUT2D eigenvalue weighted by molar-refractivity contribution is 0.484. The number of unbranched alkanes of at least 4 members (excludes halogenated alkanes) is 11. The highest BCUT2D eigenvalue weighted by Crippen LogP contribution is 2.11. The van der Waals surface area contributed by atoms with Gasteiger partial charge in [0.15, 0.2) is 0 Å². The first kappa shape index (κ1) is 23.1. The molecule has 0 aliphatic heterocycles. The van der Waals surface area contributed by atoms with Crippen LogP contribution >= 0.6 is 0 Å². The Hall–Kier alpha value is -0.130. The second-order valence-electron chi connectivity index (χ2n) is 5.55. The predicted octanol–water partition coefficient (Wildman–Crippen LogP) is 4.54. The van der Waals surface area contributed by atoms with Crippen LogP contribution in [0.3, 0.4) is 0 Å². The molecule has 130 valence electrons. The molecule has 0 heterocycles. The van der Waals surface area contributed by atoms with E-state index in [9.17, 15) is 8.42 Å². The van der Waals surface area contributed by atoms with Gasteiger partial charge >= 0.3 is 0 Å². The number of hydrogen-bond acceptors (Lipinski definition) is 3. The Morgan fingerprint density at radius 1 is 0.714 bits per heavy atom. The third-order valence-corrected chi connectivity index (χ3v) is 4.15. The van der Waals surface area contributed by atoms with Gasteiger partial charge in [0.2, 0.25) is 0 Å². The SMILES string of the molecule is CCCCCCCCCCCCCCN.CCS(=O)(=O)O. The van der Waals surface area contributed by atoms with Gasteiger partial charge in [0.25, 0.3) is 10.1 Å². The van der Waals surface area contributed by atoms with Crippen LogP contribution in [0.5, 0.6) is 0 Å². The van der Waals surface area contributed by atoms with Crippen LogP contribution in [0.1, 0.15) is 90.9 Å². The molecule has 0 aliphatic rings. The van der Waals surface area contributed by atoms with Crippen molar-refractivity contribution in [3.05, 3.63) is 0 Å². The fourth-order valence-corrected chi connectivity index (χ4v) is 1.99. The van der Waals surface area contributed by atoms with Crippen molar-refractivity contribution in [1.29, 1.82) is 0 Å². The van der Waals surface area contributed by atoms with Gasteiger partial charge in [-0.05, 0) is 19.9 Å². The first-order chi connectivity index (χ1) is 9.97. The molecule has 5 heteroatoms. The van der Waals surface area contributed by atoms with Crippen molar-refractivity contribution in [2.45, 2.75) is 90.9 Å². The van der Waals surface area contributed by atoms with E-state index >= 15 is 0 Å². The predicted molar refractivity (Wildman–Crippen MR) is 92.2 cm³/mol. The summed E-state index contributed by atoms with van der Waals surface area (Å²) in [6.45, 7) is 4.52. The lowest BCUT2D eigenvalue weighted by Gasteiger charge is -2.01. The molecule has 4 nitrogen and oxygen atoms in total. The highest BCUT2D eigenvalue weighted by Gasteiger charge is 1.93. The number of nitrogens with two attached hydrogens (primary N) is 1. The minimum atomic E-state index is -3.66. The molecule has 21 heavy (non-hydrogen) atoms. The molecule has 0 radical (unpaired) electrons. The summed E-state index contributed by atoms with van der Waals surface area (Å²) in [7, 11) is -3.66. The smallest absolute Gasteiger partial charge is 0.264 e. The van der Waals surface area contributed by atoms with Gasteiger partial charge in [-0.2, -0.15) is 8.42 Å². The third-order valence-electron chi connectivity index (χ3n) is 3.42. The van der Waals surface area contributed by atoms with E-state index in [4.69, 9.17) is 10.3 Å². The second kappa shape index (κ2) is 17.9. The molecule has 0 rings (SSSR count). The Labute approximate surface area is 132 Å². The maximum Gasteiger partial charge on any atom is 0.264 e. The molecular weight excluding hydrogens is 286 g/mol. The fraction of sp³-hybridized carbons (Fsp3) is 1.00. The standard InChI is InChI=1S/C14H31N.C2H6O3S/c1-2-3-4-5-6-7-8-9-10-11-12-13-14-15;1-2-6(3,4)5/h2-15H2,1H3;2H2,1H3,(H,3,4,5). The Morgan fingerprint density at radius 2 is 1.00 bits per heavy atom. The summed E-state index contributed by atoms with van der Waals surface area (Å²) in [6.07, 6.45) is 16.9. The molecule has 0 bridgehead atoms. The fourth-order valence-electron chi connectivity index (χ4n) is 1.99. The van der Waals surface area contributed by atoms with Crippen molar-refractivity contribution in [3.8, 4) is 0 Å². The summed E-state index contributed by atoms with van der Waals surface area (Å²) in [5.74, 6) is -0.201. The third kappa shape index (κ3) is 28.7. The lowest BCUT2D eigenvalue weighted by Crippen LogP contribution is -1.97. The van der Waals surface area contributed by atoms with Gasteiger partial charge in [0, 0.05) is 0 Å². The molecule has 0 aromatic carbocycles. The van der Waals surface area contributed by atoms with E-state index in [1.54, 1.807) is 0 Å². The van der Waals surface area contributed by atoms with E-state index in [1.807, 2.05) is 0 Å². The maximum atomic E-state index is 9.56. The zero-order valence-electron chi connectivity index (χ0n) is 14.1. The van der Waals surface area contributed by atoms with E-state index in [0.717, 1.165) is 6.54 Å². The van der Waals surface area contributed by atoms with Crippen LogP contribution in [0, 0.1) is 0 Å². The van der Waals surface area contributed by atoms with Gasteiger partial charge in [-0.15, -0.1) is 0 Å². The van der Waals surface area contributed by atoms with Crippen molar-refractivity contribution in [2.24, 2.45) is 5.73 Å². The Bertz CT molecular complexity index is 267. The Kier molecular flexibility index (Phi) is 19.7. The average Bonchev–Trinajstić information content (AvgIpc) is 2.45. The first-order valence-electron chi connectivity index (χ1n) is 8.63. The molecule has 0 unspecified atom stereocenters. The van der Waals surface area contributed by atoms with Crippen molar-refractivity contribution >= 4 is 10.1 Å². The normalized spacial score (nSPS) is 11.0. The molecule has 0 amide bonds. The second-order valence-corrected chi connectivity index (χ2v) is 7.29. The molecule has 0 saturated carbocycles. The van der Waals surface area contributed by atoms with Crippen molar-refractivity contribution in [2.75, 3.05) is 12.3 Å². The topological polar surface area (TPSA) is 80.4 Å². The Balaban J connectivity index is 0. The minimum Gasteiger partial charge on any atom is -0.330 e. The van der Waals surface area contributed by atoms with Crippen LogP contribution in [0.2, 0.25) is 0 Å².